The molecule has 6 nitrogen and oxygen atoms in total. The van der Waals surface area contributed by atoms with E-state index in [4.69, 9.17) is 0 Å². The number of nitrogens with one attached hydrogen (secondary N) is 1. The molecular formula is C24H24F3N3O3S2. The van der Waals surface area contributed by atoms with E-state index in [2.05, 4.69) is 10.3 Å². The van der Waals surface area contributed by atoms with Gasteiger partial charge in [0.25, 0.3) is 5.91 Å². The van der Waals surface area contributed by atoms with Gasteiger partial charge in [0.05, 0.1) is 16.3 Å². The molecule has 0 radical (unpaired) electrons. The minimum absolute atomic E-state index is 0.0706. The van der Waals surface area contributed by atoms with Gasteiger partial charge >= 0.3 is 6.18 Å². The van der Waals surface area contributed by atoms with Crippen LogP contribution in [0.15, 0.2) is 53.9 Å². The first-order valence-electron chi connectivity index (χ1n) is 11.1. The van der Waals surface area contributed by atoms with Crippen molar-refractivity contribution in [3.8, 4) is 11.1 Å². The highest BCUT2D eigenvalue weighted by Crippen LogP contribution is 2.35. The molecule has 11 heteroatoms. The molecule has 186 valence electrons. The third-order valence-corrected chi connectivity index (χ3v) is 8.88. The molecule has 2 heterocycles. The average molecular weight is 524 g/mol. The van der Waals surface area contributed by atoms with Crippen molar-refractivity contribution in [2.75, 3.05) is 24.2 Å². The van der Waals surface area contributed by atoms with E-state index < -0.39 is 27.7 Å². The van der Waals surface area contributed by atoms with Crippen molar-refractivity contribution in [3.05, 3.63) is 70.2 Å². The second-order valence-electron chi connectivity index (χ2n) is 8.22. The van der Waals surface area contributed by atoms with Crippen LogP contribution < -0.4 is 5.32 Å². The van der Waals surface area contributed by atoms with Gasteiger partial charge in [-0.2, -0.15) is 13.2 Å². The predicted octanol–water partition coefficient (Wildman–Crippen LogP) is 5.61. The summed E-state index contributed by atoms with van der Waals surface area (Å²) in [6.45, 7) is 2.47. The molecule has 0 bridgehead atoms. The van der Waals surface area contributed by atoms with Crippen molar-refractivity contribution < 1.29 is 26.4 Å². The number of sulfonamides is 1. The molecule has 0 unspecified atom stereocenters. The average Bonchev–Trinajstić information content (AvgIpc) is 3.35. The van der Waals surface area contributed by atoms with Crippen LogP contribution in [0.5, 0.6) is 0 Å². The molecule has 2 aromatic carbocycles. The molecule has 1 aromatic heterocycles. The molecule has 0 atom stereocenters. The lowest BCUT2D eigenvalue weighted by molar-refractivity contribution is -0.137. The number of carbonyl (C=O) groups is 1. The van der Waals surface area contributed by atoms with Crippen molar-refractivity contribution in [2.24, 2.45) is 0 Å². The number of thiazole rings is 1. The number of hydrogen-bond donors (Lipinski definition) is 1. The quantitative estimate of drug-likeness (QED) is 0.456. The Labute approximate surface area is 205 Å². The SMILES string of the molecule is CCS(=O)(=O)N1CCC(c2nc(C(=O)Nc3ccccc3-c3cccc(C(F)(F)F)c3)cs2)CC1. The number of carbonyl (C=O) groups excluding carboxylic acids is 1. The second-order valence-corrected chi connectivity index (χ2v) is 11.4. The van der Waals surface area contributed by atoms with Crippen molar-refractivity contribution in [1.82, 2.24) is 9.29 Å². The van der Waals surface area contributed by atoms with Crippen molar-refractivity contribution in [2.45, 2.75) is 31.9 Å². The summed E-state index contributed by atoms with van der Waals surface area (Å²) in [6.07, 6.45) is -3.21. The zero-order chi connectivity index (χ0) is 25.2. The van der Waals surface area contributed by atoms with Crippen LogP contribution in [-0.2, 0) is 16.2 Å². The van der Waals surface area contributed by atoms with E-state index >= 15 is 0 Å². The molecule has 4 rings (SSSR count). The van der Waals surface area contributed by atoms with E-state index in [0.29, 0.717) is 42.7 Å². The van der Waals surface area contributed by atoms with Gasteiger partial charge in [0.1, 0.15) is 5.69 Å². The standard InChI is InChI=1S/C24H24F3N3O3S2/c1-2-35(32,33)30-12-10-16(11-13-30)23-29-21(15-34-23)22(31)28-20-9-4-3-8-19(20)17-6-5-7-18(14-17)24(25,26)27/h3-9,14-16H,2,10-13H2,1H3,(H,28,31). The molecule has 1 aliphatic heterocycles. The number of benzene rings is 2. The molecule has 3 aromatic rings. The van der Waals surface area contributed by atoms with Crippen LogP contribution in [0.25, 0.3) is 11.1 Å². The highest BCUT2D eigenvalue weighted by molar-refractivity contribution is 7.89. The van der Waals surface area contributed by atoms with Gasteiger partial charge < -0.3 is 5.32 Å². The maximum absolute atomic E-state index is 13.2. The van der Waals surface area contributed by atoms with Crippen molar-refractivity contribution in [1.29, 1.82) is 0 Å². The normalized spacial score (nSPS) is 15.8. The van der Waals surface area contributed by atoms with E-state index in [1.807, 2.05) is 0 Å². The third-order valence-electron chi connectivity index (χ3n) is 5.99. The molecule has 0 spiro atoms. The van der Waals surface area contributed by atoms with E-state index in [0.717, 1.165) is 17.1 Å². The van der Waals surface area contributed by atoms with Gasteiger partial charge in [-0.15, -0.1) is 11.3 Å². The third kappa shape index (κ3) is 5.74. The maximum atomic E-state index is 13.2. The number of para-hydroxylation sites is 1. The van der Waals surface area contributed by atoms with Crippen LogP contribution in [0.4, 0.5) is 18.9 Å². The van der Waals surface area contributed by atoms with Crippen LogP contribution in [0.1, 0.15) is 46.7 Å². The molecule has 1 amide bonds. The molecule has 1 fully saturated rings. The van der Waals surface area contributed by atoms with E-state index in [1.165, 1.54) is 21.7 Å². The minimum Gasteiger partial charge on any atom is -0.320 e. The Morgan fingerprint density at radius 1 is 1.14 bits per heavy atom. The Morgan fingerprint density at radius 2 is 1.86 bits per heavy atom. The Hall–Kier alpha value is -2.76. The Balaban J connectivity index is 1.48. The lowest BCUT2D eigenvalue weighted by Crippen LogP contribution is -2.38. The van der Waals surface area contributed by atoms with Gasteiger partial charge in [-0.1, -0.05) is 30.3 Å². The molecule has 1 saturated heterocycles. The van der Waals surface area contributed by atoms with E-state index in [-0.39, 0.29) is 17.4 Å². The second kappa shape index (κ2) is 10.1. The highest BCUT2D eigenvalue weighted by Gasteiger charge is 2.31. The summed E-state index contributed by atoms with van der Waals surface area (Å²) in [5.41, 5.74) is 0.630. The van der Waals surface area contributed by atoms with Crippen molar-refractivity contribution in [3.63, 3.8) is 0 Å². The number of nitrogens with zero attached hydrogens (tertiary/aromatic N) is 2. The van der Waals surface area contributed by atoms with E-state index in [1.54, 1.807) is 42.6 Å². The number of aromatic nitrogens is 1. The zero-order valence-electron chi connectivity index (χ0n) is 18.9. The van der Waals surface area contributed by atoms with Gasteiger partial charge in [0.2, 0.25) is 10.0 Å². The molecule has 35 heavy (non-hydrogen) atoms. The largest absolute Gasteiger partial charge is 0.416 e. The lowest BCUT2D eigenvalue weighted by atomic mass is 9.99. The fourth-order valence-corrected chi connectivity index (χ4v) is 6.14. The van der Waals surface area contributed by atoms with Crippen LogP contribution >= 0.6 is 11.3 Å². The fourth-order valence-electron chi connectivity index (χ4n) is 4.04. The Kier molecular flexibility index (Phi) is 7.30. The van der Waals surface area contributed by atoms with Crippen molar-refractivity contribution >= 4 is 33.0 Å². The molecule has 0 aliphatic carbocycles. The predicted molar refractivity (Wildman–Crippen MR) is 130 cm³/mol. The molecule has 1 aliphatic rings. The van der Waals surface area contributed by atoms with Crippen LogP contribution in [-0.4, -0.2) is 42.5 Å². The first-order chi connectivity index (χ1) is 16.6. The van der Waals surface area contributed by atoms with Crippen LogP contribution in [0.3, 0.4) is 0 Å². The highest BCUT2D eigenvalue weighted by atomic mass is 32.2. The zero-order valence-corrected chi connectivity index (χ0v) is 20.5. The summed E-state index contributed by atoms with van der Waals surface area (Å²) in [6, 6.07) is 11.6. The number of anilines is 1. The van der Waals surface area contributed by atoms with Gasteiger partial charge in [-0.3, -0.25) is 4.79 Å². The lowest BCUT2D eigenvalue weighted by Gasteiger charge is -2.29. The monoisotopic (exact) mass is 523 g/mol. The molecular weight excluding hydrogens is 499 g/mol. The van der Waals surface area contributed by atoms with Gasteiger partial charge in [0.15, 0.2) is 0 Å². The summed E-state index contributed by atoms with van der Waals surface area (Å²) in [5.74, 6) is -0.318. The fraction of sp³-hybridized carbons (Fsp3) is 0.333. The number of hydrogen-bond acceptors (Lipinski definition) is 5. The smallest absolute Gasteiger partial charge is 0.320 e. The number of rotatable bonds is 6. The number of amides is 1. The Bertz CT molecular complexity index is 1310. The summed E-state index contributed by atoms with van der Waals surface area (Å²) < 4.78 is 65.1. The first kappa shape index (κ1) is 25.3. The Morgan fingerprint density at radius 3 is 2.54 bits per heavy atom. The summed E-state index contributed by atoms with van der Waals surface area (Å²) in [4.78, 5) is 17.4. The van der Waals surface area contributed by atoms with Crippen LogP contribution in [0, 0.1) is 0 Å². The minimum atomic E-state index is -4.47. The molecule has 0 saturated carbocycles. The number of halogens is 3. The summed E-state index contributed by atoms with van der Waals surface area (Å²) >= 11 is 1.35. The summed E-state index contributed by atoms with van der Waals surface area (Å²) in [7, 11) is -3.22. The number of alkyl halides is 3. The van der Waals surface area contributed by atoms with Gasteiger partial charge in [0, 0.05) is 35.6 Å². The first-order valence-corrected chi connectivity index (χ1v) is 13.6. The maximum Gasteiger partial charge on any atom is 0.416 e. The van der Waals surface area contributed by atoms with Gasteiger partial charge in [-0.25, -0.2) is 17.7 Å². The molecule has 1 N–H and O–H groups in total. The number of piperidine rings is 1. The topological polar surface area (TPSA) is 79.4 Å². The summed E-state index contributed by atoms with van der Waals surface area (Å²) in [5, 5.41) is 5.19. The van der Waals surface area contributed by atoms with Gasteiger partial charge in [-0.05, 0) is 43.5 Å². The van der Waals surface area contributed by atoms with E-state index in [9.17, 15) is 26.4 Å². The van der Waals surface area contributed by atoms with Crippen LogP contribution in [0.2, 0.25) is 0 Å².